The normalized spacial score (nSPS) is 45.0. The van der Waals surface area contributed by atoms with Crippen molar-refractivity contribution in [3.05, 3.63) is 0 Å². The minimum Gasteiger partial charge on any atom is -0.360 e. The quantitative estimate of drug-likeness (QED) is 0.469. The molecule has 46 valence electrons. The lowest BCUT2D eigenvalue weighted by atomic mass is 10.3. The third-order valence-electron chi connectivity index (χ3n) is 1.62. The first-order chi connectivity index (χ1) is 3.97. The van der Waals surface area contributed by atoms with Gasteiger partial charge in [-0.25, -0.2) is 0 Å². The van der Waals surface area contributed by atoms with Gasteiger partial charge in [0.1, 0.15) is 12.3 Å². The predicted octanol–water partition coefficient (Wildman–Crippen LogP) is -0.321. The lowest BCUT2D eigenvalue weighted by Gasteiger charge is -2.02. The van der Waals surface area contributed by atoms with Crippen LogP contribution in [0.3, 0.4) is 0 Å². The summed E-state index contributed by atoms with van der Waals surface area (Å²) in [7, 11) is 0. The summed E-state index contributed by atoms with van der Waals surface area (Å²) in [6, 6.07) is 0. The Bertz CT molecular complexity index is 76.4. The molecule has 0 radical (unpaired) electrons. The number of hydrogen-bond acceptors (Lipinski definition) is 3. The maximum atomic E-state index is 5.24. The fourth-order valence-electron chi connectivity index (χ4n) is 1.17. The number of nitrogens with one attached hydrogen (secondary N) is 1. The van der Waals surface area contributed by atoms with E-state index in [4.69, 9.17) is 9.47 Å². The first-order valence-electron chi connectivity index (χ1n) is 2.93. The zero-order valence-corrected chi connectivity index (χ0v) is 4.59. The van der Waals surface area contributed by atoms with E-state index in [0.717, 1.165) is 13.0 Å². The number of ether oxygens (including phenoxy) is 2. The number of rotatable bonds is 0. The van der Waals surface area contributed by atoms with E-state index in [9.17, 15) is 0 Å². The van der Waals surface area contributed by atoms with Crippen molar-refractivity contribution >= 4 is 0 Å². The van der Waals surface area contributed by atoms with E-state index in [1.165, 1.54) is 0 Å². The lowest BCUT2D eigenvalue weighted by Crippen LogP contribution is -2.26. The summed E-state index contributed by atoms with van der Waals surface area (Å²) in [5.74, 6) is 0. The van der Waals surface area contributed by atoms with Crippen LogP contribution in [0.15, 0.2) is 0 Å². The molecular formula is C5H9NO2. The summed E-state index contributed by atoms with van der Waals surface area (Å²) in [6.45, 7) is 1.51. The molecule has 2 rings (SSSR count). The largest absolute Gasteiger partial charge is 0.360 e. The predicted molar refractivity (Wildman–Crippen MR) is 27.2 cm³/mol. The Morgan fingerprint density at radius 3 is 3.25 bits per heavy atom. The summed E-state index contributed by atoms with van der Waals surface area (Å²) >= 11 is 0. The van der Waals surface area contributed by atoms with Crippen molar-refractivity contribution in [1.29, 1.82) is 0 Å². The molecule has 0 aromatic rings. The summed E-state index contributed by atoms with van der Waals surface area (Å²) in [4.78, 5) is 0. The molecule has 2 fully saturated rings. The fourth-order valence-corrected chi connectivity index (χ4v) is 1.17. The molecule has 0 unspecified atom stereocenters. The third kappa shape index (κ3) is 0.555. The van der Waals surface area contributed by atoms with Crippen LogP contribution in [-0.4, -0.2) is 25.7 Å². The molecule has 0 bridgehead atoms. The van der Waals surface area contributed by atoms with Gasteiger partial charge in [0.25, 0.3) is 0 Å². The Morgan fingerprint density at radius 2 is 2.38 bits per heavy atom. The molecule has 0 aliphatic carbocycles. The topological polar surface area (TPSA) is 30.5 Å². The minimum absolute atomic E-state index is 0.204. The van der Waals surface area contributed by atoms with E-state index in [1.807, 2.05) is 0 Å². The molecule has 0 amide bonds. The van der Waals surface area contributed by atoms with Crippen LogP contribution in [0.1, 0.15) is 6.42 Å². The van der Waals surface area contributed by atoms with Gasteiger partial charge in [-0.3, -0.25) is 5.32 Å². The van der Waals surface area contributed by atoms with Crippen molar-refractivity contribution in [2.24, 2.45) is 0 Å². The fraction of sp³-hybridized carbons (Fsp3) is 1.00. The highest BCUT2D eigenvalue weighted by atomic mass is 16.6. The monoisotopic (exact) mass is 115 g/mol. The molecule has 2 aliphatic rings. The lowest BCUT2D eigenvalue weighted by molar-refractivity contribution is 0.0693. The van der Waals surface area contributed by atoms with Crippen LogP contribution in [0.5, 0.6) is 0 Å². The van der Waals surface area contributed by atoms with Crippen LogP contribution < -0.4 is 5.32 Å². The van der Waals surface area contributed by atoms with Gasteiger partial charge in [0.05, 0.1) is 13.3 Å². The zero-order chi connectivity index (χ0) is 5.40. The van der Waals surface area contributed by atoms with Gasteiger partial charge in [-0.05, 0) is 0 Å². The maximum Gasteiger partial charge on any atom is 0.136 e. The Hall–Kier alpha value is -0.120. The molecule has 3 heteroatoms. The first-order valence-corrected chi connectivity index (χ1v) is 2.93. The van der Waals surface area contributed by atoms with Gasteiger partial charge >= 0.3 is 0 Å². The second-order valence-electron chi connectivity index (χ2n) is 2.13. The van der Waals surface area contributed by atoms with Crippen LogP contribution in [0, 0.1) is 0 Å². The molecule has 0 aromatic heterocycles. The minimum atomic E-state index is 0.204. The summed E-state index contributed by atoms with van der Waals surface area (Å²) in [5, 5.41) is 3.07. The Kier molecular flexibility index (Phi) is 0.997. The summed E-state index contributed by atoms with van der Waals surface area (Å²) in [5.41, 5.74) is 0. The Morgan fingerprint density at radius 1 is 1.38 bits per heavy atom. The van der Waals surface area contributed by atoms with Gasteiger partial charge in [-0.2, -0.15) is 0 Å². The van der Waals surface area contributed by atoms with E-state index < -0.39 is 0 Å². The van der Waals surface area contributed by atoms with Crippen molar-refractivity contribution in [3.63, 3.8) is 0 Å². The van der Waals surface area contributed by atoms with Crippen molar-refractivity contribution in [1.82, 2.24) is 5.32 Å². The first kappa shape index (κ1) is 4.73. The average Bonchev–Trinajstić information content (AvgIpc) is 2.15. The maximum absolute atomic E-state index is 5.24. The Labute approximate surface area is 48.0 Å². The molecule has 2 atom stereocenters. The third-order valence-corrected chi connectivity index (χ3v) is 1.62. The Balaban J connectivity index is 2.04. The molecule has 8 heavy (non-hydrogen) atoms. The van der Waals surface area contributed by atoms with Gasteiger partial charge in [0.15, 0.2) is 0 Å². The van der Waals surface area contributed by atoms with Crippen molar-refractivity contribution in [2.45, 2.75) is 18.8 Å². The van der Waals surface area contributed by atoms with Crippen LogP contribution in [0.2, 0.25) is 0 Å². The van der Waals surface area contributed by atoms with Crippen LogP contribution in [0.25, 0.3) is 0 Å². The van der Waals surface area contributed by atoms with E-state index in [-0.39, 0.29) is 6.23 Å². The molecule has 3 nitrogen and oxygen atoms in total. The van der Waals surface area contributed by atoms with E-state index >= 15 is 0 Å². The zero-order valence-electron chi connectivity index (χ0n) is 4.59. The highest BCUT2D eigenvalue weighted by molar-refractivity contribution is 4.77. The average molecular weight is 115 g/mol. The molecule has 2 saturated heterocycles. The molecule has 1 N–H and O–H groups in total. The van der Waals surface area contributed by atoms with Crippen molar-refractivity contribution in [3.8, 4) is 0 Å². The molecule has 0 spiro atoms. The highest BCUT2D eigenvalue weighted by Crippen LogP contribution is 2.18. The molecular weight excluding hydrogens is 106 g/mol. The van der Waals surface area contributed by atoms with E-state index in [0.29, 0.717) is 12.8 Å². The number of fused-ring (bicyclic) bond motifs is 1. The van der Waals surface area contributed by atoms with Crippen LogP contribution in [0.4, 0.5) is 0 Å². The molecule has 0 aromatic carbocycles. The second kappa shape index (κ2) is 1.69. The summed E-state index contributed by atoms with van der Waals surface area (Å²) < 4.78 is 10.5. The molecule has 2 heterocycles. The standard InChI is InChI=1S/C5H9NO2/c1-2-7-5-4(1)8-3-6-5/h4-6H,1-3H2/t4-,5+/m1/s1. The van der Waals surface area contributed by atoms with Gasteiger partial charge in [-0.1, -0.05) is 0 Å². The molecule has 2 aliphatic heterocycles. The van der Waals surface area contributed by atoms with E-state index in [2.05, 4.69) is 5.32 Å². The second-order valence-corrected chi connectivity index (χ2v) is 2.13. The van der Waals surface area contributed by atoms with Crippen molar-refractivity contribution < 1.29 is 9.47 Å². The summed E-state index contributed by atoms with van der Waals surface area (Å²) in [6.07, 6.45) is 1.60. The molecule has 0 saturated carbocycles. The number of hydrogen-bond donors (Lipinski definition) is 1. The van der Waals surface area contributed by atoms with Crippen molar-refractivity contribution in [2.75, 3.05) is 13.3 Å². The van der Waals surface area contributed by atoms with Gasteiger partial charge in [0.2, 0.25) is 0 Å². The van der Waals surface area contributed by atoms with Gasteiger partial charge in [0, 0.05) is 6.42 Å². The highest BCUT2D eigenvalue weighted by Gasteiger charge is 2.32. The van der Waals surface area contributed by atoms with Gasteiger partial charge < -0.3 is 9.47 Å². The van der Waals surface area contributed by atoms with Crippen LogP contribution >= 0.6 is 0 Å². The van der Waals surface area contributed by atoms with E-state index in [1.54, 1.807) is 0 Å². The van der Waals surface area contributed by atoms with Gasteiger partial charge in [-0.15, -0.1) is 0 Å². The SMILES string of the molecule is C1N[C@H]2OCC[C@H]2O1. The van der Waals surface area contributed by atoms with Crippen LogP contribution in [-0.2, 0) is 9.47 Å². The smallest absolute Gasteiger partial charge is 0.136 e.